The van der Waals surface area contributed by atoms with Crippen LogP contribution in [0.5, 0.6) is 0 Å². The molecule has 3 aromatic rings. The molecule has 9 nitrogen and oxygen atoms in total. The van der Waals surface area contributed by atoms with Crippen molar-refractivity contribution in [1.29, 1.82) is 0 Å². The quantitative estimate of drug-likeness (QED) is 0.241. The molecule has 0 aliphatic carbocycles. The normalized spacial score (nSPS) is 15.4. The van der Waals surface area contributed by atoms with Gasteiger partial charge in [0.1, 0.15) is 6.04 Å². The van der Waals surface area contributed by atoms with E-state index < -0.39 is 11.0 Å². The number of nitro groups is 1. The van der Waals surface area contributed by atoms with Crippen molar-refractivity contribution in [3.63, 3.8) is 0 Å². The summed E-state index contributed by atoms with van der Waals surface area (Å²) >= 11 is 2.95. The molecule has 3 heterocycles. The van der Waals surface area contributed by atoms with Gasteiger partial charge in [-0.25, -0.2) is 9.48 Å². The molecule has 4 rings (SSSR count). The van der Waals surface area contributed by atoms with E-state index >= 15 is 0 Å². The van der Waals surface area contributed by atoms with Gasteiger partial charge >= 0.3 is 5.97 Å². The number of nitrogens with zero attached hydrogens (tertiary/aromatic N) is 4. The fraction of sp³-hybridized carbons (Fsp3) is 0.250. The Morgan fingerprint density at radius 1 is 1.35 bits per heavy atom. The summed E-state index contributed by atoms with van der Waals surface area (Å²) in [5.74, 6) is 0.727. The lowest BCUT2D eigenvalue weighted by Gasteiger charge is -2.26. The second-order valence-electron chi connectivity index (χ2n) is 6.68. The Kier molecular flexibility index (Phi) is 6.05. The first-order valence-electron chi connectivity index (χ1n) is 9.49. The van der Waals surface area contributed by atoms with E-state index in [0.717, 1.165) is 10.4 Å². The number of benzene rings is 1. The highest BCUT2D eigenvalue weighted by Gasteiger charge is 2.35. The zero-order valence-electron chi connectivity index (χ0n) is 16.8. The molecule has 160 valence electrons. The molecule has 31 heavy (non-hydrogen) atoms. The topological polar surface area (TPSA) is 112 Å². The van der Waals surface area contributed by atoms with Gasteiger partial charge < -0.3 is 10.1 Å². The number of esters is 1. The molecule has 1 aliphatic heterocycles. The Morgan fingerprint density at radius 3 is 2.77 bits per heavy atom. The second-order valence-corrected chi connectivity index (χ2v) is 8.60. The lowest BCUT2D eigenvalue weighted by atomic mass is 10.0. The standard InChI is InChI=1S/C20H19N5O4S2/c1-3-29-18(26)16-12(2)21-19-22-20(23-24(19)17(16)15-5-4-10-30-15)31-11-13-6-8-14(9-7-13)25(27)28/h4-10,17H,3,11H2,1-2H3,(H,21,22,23). The van der Waals surface area contributed by atoms with E-state index in [4.69, 9.17) is 4.74 Å². The summed E-state index contributed by atoms with van der Waals surface area (Å²) < 4.78 is 7.00. The maximum Gasteiger partial charge on any atom is 0.338 e. The minimum atomic E-state index is -0.422. The number of hydrogen-bond acceptors (Lipinski definition) is 9. The number of fused-ring (bicyclic) bond motifs is 1. The molecule has 2 aromatic heterocycles. The van der Waals surface area contributed by atoms with Crippen LogP contribution in [0.15, 0.2) is 58.2 Å². The summed E-state index contributed by atoms with van der Waals surface area (Å²) in [7, 11) is 0. The number of aromatic nitrogens is 3. The number of carbonyl (C=O) groups is 1. The van der Waals surface area contributed by atoms with Gasteiger partial charge in [0.2, 0.25) is 11.1 Å². The van der Waals surface area contributed by atoms with Crippen LogP contribution in [0.3, 0.4) is 0 Å². The van der Waals surface area contributed by atoms with Gasteiger partial charge in [-0.3, -0.25) is 10.1 Å². The van der Waals surface area contributed by atoms with Crippen molar-refractivity contribution in [2.45, 2.75) is 30.8 Å². The average Bonchev–Trinajstić information content (AvgIpc) is 3.41. The Labute approximate surface area is 186 Å². The van der Waals surface area contributed by atoms with Crippen molar-refractivity contribution in [2.75, 3.05) is 11.9 Å². The van der Waals surface area contributed by atoms with Crippen LogP contribution >= 0.6 is 23.1 Å². The van der Waals surface area contributed by atoms with Crippen LogP contribution in [0.1, 0.15) is 30.3 Å². The fourth-order valence-electron chi connectivity index (χ4n) is 3.24. The number of carbonyl (C=O) groups excluding carboxylic acids is 1. The number of thiophene rings is 1. The van der Waals surface area contributed by atoms with Crippen molar-refractivity contribution in [1.82, 2.24) is 14.8 Å². The van der Waals surface area contributed by atoms with Crippen LogP contribution in [0.4, 0.5) is 11.6 Å². The van der Waals surface area contributed by atoms with E-state index in [1.54, 1.807) is 23.7 Å². The third-order valence-corrected chi connectivity index (χ3v) is 6.49. The van der Waals surface area contributed by atoms with Gasteiger partial charge in [-0.15, -0.1) is 16.4 Å². The molecule has 1 atom stereocenters. The highest BCUT2D eigenvalue weighted by atomic mass is 32.2. The van der Waals surface area contributed by atoms with E-state index in [0.29, 0.717) is 28.1 Å². The summed E-state index contributed by atoms with van der Waals surface area (Å²) in [6.45, 7) is 3.89. The molecule has 0 saturated carbocycles. The summed E-state index contributed by atoms with van der Waals surface area (Å²) in [6.07, 6.45) is 0. The number of nitro benzene ring substituents is 1. The number of allylic oxidation sites excluding steroid dienone is 1. The van der Waals surface area contributed by atoms with Gasteiger partial charge in [-0.2, -0.15) is 4.98 Å². The molecular weight excluding hydrogens is 438 g/mol. The van der Waals surface area contributed by atoms with Gasteiger partial charge in [0.05, 0.1) is 17.1 Å². The van der Waals surface area contributed by atoms with Crippen LogP contribution in [0.25, 0.3) is 0 Å². The molecular formula is C20H19N5O4S2. The van der Waals surface area contributed by atoms with Gasteiger partial charge in [0.25, 0.3) is 5.69 Å². The SMILES string of the molecule is CCOC(=O)C1=C(C)Nc2nc(SCc3ccc([N+](=O)[O-])cc3)nn2C1c1cccs1. The van der Waals surface area contributed by atoms with Crippen LogP contribution in [-0.4, -0.2) is 32.3 Å². The predicted octanol–water partition coefficient (Wildman–Crippen LogP) is 4.39. The first kappa shape index (κ1) is 21.1. The minimum absolute atomic E-state index is 0.0559. The van der Waals surface area contributed by atoms with Crippen molar-refractivity contribution in [2.24, 2.45) is 0 Å². The summed E-state index contributed by atoms with van der Waals surface area (Å²) in [4.78, 5) is 28.6. The number of thioether (sulfide) groups is 1. The molecule has 1 N–H and O–H groups in total. The Morgan fingerprint density at radius 2 is 2.13 bits per heavy atom. The van der Waals surface area contributed by atoms with Crippen LogP contribution < -0.4 is 5.32 Å². The zero-order valence-corrected chi connectivity index (χ0v) is 18.4. The molecule has 0 spiro atoms. The minimum Gasteiger partial charge on any atom is -0.463 e. The predicted molar refractivity (Wildman–Crippen MR) is 118 cm³/mol. The molecule has 0 bridgehead atoms. The fourth-order valence-corrected chi connectivity index (χ4v) is 4.84. The number of nitrogens with one attached hydrogen (secondary N) is 1. The summed E-state index contributed by atoms with van der Waals surface area (Å²) in [6, 6.07) is 9.88. The Hall–Kier alpha value is -3.18. The number of hydrogen-bond donors (Lipinski definition) is 1. The molecule has 1 aromatic carbocycles. The largest absolute Gasteiger partial charge is 0.463 e. The highest BCUT2D eigenvalue weighted by molar-refractivity contribution is 7.98. The summed E-state index contributed by atoms with van der Waals surface area (Å²) in [5.41, 5.74) is 2.17. The third-order valence-electron chi connectivity index (χ3n) is 4.66. The van der Waals surface area contributed by atoms with Gasteiger partial charge in [0, 0.05) is 28.5 Å². The molecule has 0 amide bonds. The first-order valence-corrected chi connectivity index (χ1v) is 11.4. The smallest absolute Gasteiger partial charge is 0.338 e. The van der Waals surface area contributed by atoms with Crippen LogP contribution in [0, 0.1) is 10.1 Å². The molecule has 1 unspecified atom stereocenters. The zero-order chi connectivity index (χ0) is 22.0. The van der Waals surface area contributed by atoms with Gasteiger partial charge in [-0.1, -0.05) is 30.0 Å². The van der Waals surface area contributed by atoms with E-state index in [9.17, 15) is 14.9 Å². The average molecular weight is 458 g/mol. The van der Waals surface area contributed by atoms with Crippen LogP contribution in [-0.2, 0) is 15.3 Å². The highest BCUT2D eigenvalue weighted by Crippen LogP contribution is 2.38. The van der Waals surface area contributed by atoms with Crippen LogP contribution in [0.2, 0.25) is 0 Å². The third kappa shape index (κ3) is 4.32. The van der Waals surface area contributed by atoms with E-state index in [1.165, 1.54) is 35.2 Å². The maximum absolute atomic E-state index is 12.7. The summed E-state index contributed by atoms with van der Waals surface area (Å²) in [5, 5.41) is 21.1. The van der Waals surface area contributed by atoms with Gasteiger partial charge in [0.15, 0.2) is 0 Å². The lowest BCUT2D eigenvalue weighted by molar-refractivity contribution is -0.384. The van der Waals surface area contributed by atoms with Crippen molar-refractivity contribution >= 4 is 40.7 Å². The number of rotatable bonds is 7. The van der Waals surface area contributed by atoms with Crippen molar-refractivity contribution < 1.29 is 14.5 Å². The van der Waals surface area contributed by atoms with E-state index in [1.807, 2.05) is 24.4 Å². The first-order chi connectivity index (χ1) is 15.0. The monoisotopic (exact) mass is 457 g/mol. The molecule has 0 radical (unpaired) electrons. The number of ether oxygens (including phenoxy) is 1. The molecule has 0 saturated heterocycles. The Bertz CT molecular complexity index is 1140. The number of anilines is 1. The maximum atomic E-state index is 12.7. The van der Waals surface area contributed by atoms with Gasteiger partial charge in [-0.05, 0) is 30.9 Å². The Balaban J connectivity index is 1.60. The van der Waals surface area contributed by atoms with E-state index in [-0.39, 0.29) is 18.3 Å². The molecule has 0 fully saturated rings. The van der Waals surface area contributed by atoms with Crippen molar-refractivity contribution in [3.05, 3.63) is 73.6 Å². The second kappa shape index (κ2) is 8.90. The number of non-ortho nitro benzene ring substituents is 1. The molecule has 1 aliphatic rings. The molecule has 11 heteroatoms. The van der Waals surface area contributed by atoms with Crippen molar-refractivity contribution in [3.8, 4) is 0 Å². The lowest BCUT2D eigenvalue weighted by Crippen LogP contribution is -2.29. The van der Waals surface area contributed by atoms with E-state index in [2.05, 4.69) is 15.4 Å².